The van der Waals surface area contributed by atoms with E-state index in [-0.39, 0.29) is 23.4 Å². The standard InChI is InChI=1S/C34H41Cl2N3O4S/c1-5-31(34(41)37-27-9-7-6-8-10-27)38(21-26-15-18-29(35)30(36)20-26)33(40)22-39(32-19-24(3)11-14-25(32)4)44(42,43)28-16-12-23(2)13-17-28/h11-20,27,31H,5-10,21-22H2,1-4H3,(H,37,41). The van der Waals surface area contributed by atoms with E-state index in [0.717, 1.165) is 47.5 Å². The lowest BCUT2D eigenvalue weighted by Crippen LogP contribution is -2.54. The number of carbonyl (C=O) groups excluding carboxylic acids is 2. The summed E-state index contributed by atoms with van der Waals surface area (Å²) in [5, 5.41) is 3.87. The largest absolute Gasteiger partial charge is 0.352 e. The number of anilines is 1. The molecule has 0 heterocycles. The van der Waals surface area contributed by atoms with Crippen LogP contribution in [0.2, 0.25) is 10.0 Å². The quantitative estimate of drug-likeness (QED) is 0.233. The van der Waals surface area contributed by atoms with Crippen molar-refractivity contribution >= 4 is 50.7 Å². The van der Waals surface area contributed by atoms with Crippen LogP contribution in [-0.2, 0) is 26.2 Å². The van der Waals surface area contributed by atoms with Crippen molar-refractivity contribution < 1.29 is 18.0 Å². The van der Waals surface area contributed by atoms with Crippen LogP contribution in [0.15, 0.2) is 65.6 Å². The molecule has 0 aromatic heterocycles. The van der Waals surface area contributed by atoms with Crippen LogP contribution in [0.5, 0.6) is 0 Å². The van der Waals surface area contributed by atoms with Crippen molar-refractivity contribution in [1.82, 2.24) is 10.2 Å². The molecule has 1 aliphatic rings. The third-order valence-electron chi connectivity index (χ3n) is 8.20. The summed E-state index contributed by atoms with van der Waals surface area (Å²) >= 11 is 12.5. The first-order valence-electron chi connectivity index (χ1n) is 15.1. The van der Waals surface area contributed by atoms with E-state index in [1.165, 1.54) is 4.90 Å². The van der Waals surface area contributed by atoms with Gasteiger partial charge < -0.3 is 10.2 Å². The zero-order valence-electron chi connectivity index (χ0n) is 25.8. The van der Waals surface area contributed by atoms with Crippen molar-refractivity contribution in [2.75, 3.05) is 10.8 Å². The Morgan fingerprint density at radius 1 is 0.886 bits per heavy atom. The molecule has 1 aliphatic carbocycles. The summed E-state index contributed by atoms with van der Waals surface area (Å²) in [7, 11) is -4.15. The van der Waals surface area contributed by atoms with Gasteiger partial charge in [0, 0.05) is 12.6 Å². The fourth-order valence-corrected chi connectivity index (χ4v) is 7.43. The highest BCUT2D eigenvalue weighted by atomic mass is 35.5. The Kier molecular flexibility index (Phi) is 11.4. The number of benzene rings is 3. The summed E-state index contributed by atoms with van der Waals surface area (Å²) in [4.78, 5) is 29.7. The van der Waals surface area contributed by atoms with Crippen LogP contribution in [0.3, 0.4) is 0 Å². The number of sulfonamides is 1. The molecule has 3 aromatic carbocycles. The topological polar surface area (TPSA) is 86.8 Å². The Balaban J connectivity index is 1.75. The van der Waals surface area contributed by atoms with E-state index < -0.39 is 28.5 Å². The molecule has 1 fully saturated rings. The van der Waals surface area contributed by atoms with E-state index in [4.69, 9.17) is 23.2 Å². The minimum Gasteiger partial charge on any atom is -0.352 e. The molecule has 7 nitrogen and oxygen atoms in total. The number of rotatable bonds is 11. The van der Waals surface area contributed by atoms with Gasteiger partial charge in [-0.1, -0.05) is 85.3 Å². The van der Waals surface area contributed by atoms with Crippen LogP contribution in [0.1, 0.15) is 67.7 Å². The molecule has 0 saturated heterocycles. The lowest BCUT2D eigenvalue weighted by molar-refractivity contribution is -0.140. The van der Waals surface area contributed by atoms with Gasteiger partial charge in [0.25, 0.3) is 10.0 Å². The number of aryl methyl sites for hydroxylation is 3. The van der Waals surface area contributed by atoms with Crippen molar-refractivity contribution in [2.24, 2.45) is 0 Å². The van der Waals surface area contributed by atoms with Gasteiger partial charge in [-0.3, -0.25) is 13.9 Å². The average Bonchev–Trinajstić information content (AvgIpc) is 2.99. The highest BCUT2D eigenvalue weighted by molar-refractivity contribution is 7.92. The predicted octanol–water partition coefficient (Wildman–Crippen LogP) is 7.37. The van der Waals surface area contributed by atoms with Gasteiger partial charge >= 0.3 is 0 Å². The summed E-state index contributed by atoms with van der Waals surface area (Å²) in [5.74, 6) is -0.745. The first-order chi connectivity index (χ1) is 20.9. The van der Waals surface area contributed by atoms with Crippen molar-refractivity contribution in [3.8, 4) is 0 Å². The van der Waals surface area contributed by atoms with Crippen molar-refractivity contribution in [2.45, 2.75) is 89.7 Å². The smallest absolute Gasteiger partial charge is 0.264 e. The maximum atomic E-state index is 14.4. The number of hydrogen-bond acceptors (Lipinski definition) is 4. The van der Waals surface area contributed by atoms with Crippen molar-refractivity contribution in [1.29, 1.82) is 0 Å². The molecule has 1 N–H and O–H groups in total. The number of nitrogens with one attached hydrogen (secondary N) is 1. The summed E-state index contributed by atoms with van der Waals surface area (Å²) in [5.41, 5.74) is 3.57. The third-order valence-corrected chi connectivity index (χ3v) is 10.7. The van der Waals surface area contributed by atoms with Crippen molar-refractivity contribution in [3.63, 3.8) is 0 Å². The van der Waals surface area contributed by atoms with E-state index in [2.05, 4.69) is 5.32 Å². The van der Waals surface area contributed by atoms with E-state index in [9.17, 15) is 18.0 Å². The Morgan fingerprint density at radius 2 is 1.55 bits per heavy atom. The second kappa shape index (κ2) is 14.8. The first kappa shape index (κ1) is 33.8. The zero-order chi connectivity index (χ0) is 32.0. The number of hydrogen-bond donors (Lipinski definition) is 1. The van der Waals surface area contributed by atoms with Crippen LogP contribution in [-0.4, -0.2) is 43.8 Å². The lowest BCUT2D eigenvalue weighted by atomic mass is 9.95. The van der Waals surface area contributed by atoms with Crippen LogP contribution < -0.4 is 9.62 Å². The van der Waals surface area contributed by atoms with Crippen LogP contribution in [0.25, 0.3) is 0 Å². The highest BCUT2D eigenvalue weighted by Crippen LogP contribution is 2.30. The summed E-state index contributed by atoms with van der Waals surface area (Å²) in [6, 6.07) is 16.4. The van der Waals surface area contributed by atoms with E-state index in [1.807, 2.05) is 39.8 Å². The van der Waals surface area contributed by atoms with Gasteiger partial charge in [-0.25, -0.2) is 8.42 Å². The van der Waals surface area contributed by atoms with Crippen molar-refractivity contribution in [3.05, 3.63) is 93.0 Å². The molecule has 0 bridgehead atoms. The fraction of sp³-hybridized carbons (Fsp3) is 0.412. The molecule has 0 aliphatic heterocycles. The normalized spacial score (nSPS) is 14.6. The Labute approximate surface area is 271 Å². The summed E-state index contributed by atoms with van der Waals surface area (Å²) in [6.07, 6.45) is 5.40. The Hall–Kier alpha value is -3.07. The number of halogens is 2. The average molecular weight is 659 g/mol. The van der Waals surface area contributed by atoms with Crippen LogP contribution in [0, 0.1) is 20.8 Å². The molecule has 1 unspecified atom stereocenters. The van der Waals surface area contributed by atoms with Gasteiger partial charge in [0.1, 0.15) is 12.6 Å². The number of nitrogens with zero attached hydrogens (tertiary/aromatic N) is 2. The SMILES string of the molecule is CCC(C(=O)NC1CCCCC1)N(Cc1ccc(Cl)c(Cl)c1)C(=O)CN(c1cc(C)ccc1C)S(=O)(=O)c1ccc(C)cc1. The maximum absolute atomic E-state index is 14.4. The van der Waals surface area contributed by atoms with Gasteiger partial charge in [-0.15, -0.1) is 0 Å². The second-order valence-corrected chi connectivity index (χ2v) is 14.3. The monoisotopic (exact) mass is 657 g/mol. The molecule has 1 atom stereocenters. The first-order valence-corrected chi connectivity index (χ1v) is 17.3. The highest BCUT2D eigenvalue weighted by Gasteiger charge is 2.35. The molecular formula is C34H41Cl2N3O4S. The van der Waals surface area contributed by atoms with Gasteiger partial charge in [0.05, 0.1) is 20.6 Å². The fourth-order valence-electron chi connectivity index (χ4n) is 5.64. The van der Waals surface area contributed by atoms with E-state index in [1.54, 1.807) is 48.5 Å². The van der Waals surface area contributed by atoms with Gasteiger partial charge in [-0.2, -0.15) is 0 Å². The Morgan fingerprint density at radius 3 is 2.18 bits per heavy atom. The minimum absolute atomic E-state index is 0.0531. The third kappa shape index (κ3) is 8.14. The molecule has 0 radical (unpaired) electrons. The lowest BCUT2D eigenvalue weighted by Gasteiger charge is -2.35. The van der Waals surface area contributed by atoms with Crippen LogP contribution >= 0.6 is 23.2 Å². The molecule has 3 aromatic rings. The molecular weight excluding hydrogens is 617 g/mol. The Bertz CT molecular complexity index is 1590. The van der Waals surface area contributed by atoms with Crippen LogP contribution in [0.4, 0.5) is 5.69 Å². The maximum Gasteiger partial charge on any atom is 0.264 e. The van der Waals surface area contributed by atoms with E-state index >= 15 is 0 Å². The summed E-state index contributed by atoms with van der Waals surface area (Å²) in [6.45, 7) is 6.99. The van der Waals surface area contributed by atoms with Gasteiger partial charge in [0.15, 0.2) is 0 Å². The molecule has 10 heteroatoms. The molecule has 236 valence electrons. The molecule has 44 heavy (non-hydrogen) atoms. The zero-order valence-corrected chi connectivity index (χ0v) is 28.1. The number of carbonyl (C=O) groups is 2. The van der Waals surface area contributed by atoms with Gasteiger partial charge in [-0.05, 0) is 87.1 Å². The van der Waals surface area contributed by atoms with Gasteiger partial charge in [0.2, 0.25) is 11.8 Å². The number of amides is 2. The second-order valence-electron chi connectivity index (χ2n) is 11.7. The minimum atomic E-state index is -4.15. The van der Waals surface area contributed by atoms with E-state index in [0.29, 0.717) is 33.3 Å². The summed E-state index contributed by atoms with van der Waals surface area (Å²) < 4.78 is 29.5. The molecule has 0 spiro atoms. The molecule has 1 saturated carbocycles. The predicted molar refractivity (Wildman–Crippen MR) is 178 cm³/mol. The molecule has 4 rings (SSSR count). The molecule has 2 amide bonds.